The summed E-state index contributed by atoms with van der Waals surface area (Å²) in [5, 5.41) is -1.52. The Kier molecular flexibility index (Phi) is 2.47. The van der Waals surface area contributed by atoms with Gasteiger partial charge in [-0.1, -0.05) is 19.3 Å². The van der Waals surface area contributed by atoms with E-state index in [1.54, 1.807) is 0 Å². The molecule has 4 heteroatoms. The number of halogens is 3. The lowest BCUT2D eigenvalue weighted by Gasteiger charge is -2.27. The zero-order valence-corrected chi connectivity index (χ0v) is 6.70. The second-order valence-corrected chi connectivity index (χ2v) is 3.32. The molecule has 1 rings (SSSR count). The highest BCUT2D eigenvalue weighted by atomic mass is 35.5. The molecular weight excluding hydrogens is 174 g/mol. The van der Waals surface area contributed by atoms with Crippen LogP contribution in [-0.2, 0) is 4.79 Å². The van der Waals surface area contributed by atoms with Crippen LogP contribution in [0.4, 0.5) is 8.78 Å². The van der Waals surface area contributed by atoms with E-state index < -0.39 is 11.2 Å². The minimum Gasteiger partial charge on any atom is -0.274 e. The molecule has 0 aromatic heterocycles. The number of carbonyl (C=O) groups is 1. The van der Waals surface area contributed by atoms with Crippen LogP contribution >= 0.6 is 11.6 Å². The molecule has 0 atom stereocenters. The maximum atomic E-state index is 12.5. The average Bonchev–Trinajstić information content (AvgIpc) is 1.79. The van der Waals surface area contributed by atoms with Gasteiger partial charge in [-0.25, -0.2) is 0 Å². The van der Waals surface area contributed by atoms with Crippen LogP contribution in [0.2, 0.25) is 0 Å². The maximum Gasteiger partial charge on any atom is 0.320 e. The average molecular weight is 183 g/mol. The molecule has 64 valence electrons. The van der Waals surface area contributed by atoms with E-state index >= 15 is 0 Å². The Morgan fingerprint density at radius 3 is 2.36 bits per heavy atom. The van der Waals surface area contributed by atoms with E-state index in [0.717, 1.165) is 19.3 Å². The van der Waals surface area contributed by atoms with Gasteiger partial charge in [-0.2, -0.15) is 8.78 Å². The van der Waals surface area contributed by atoms with Crippen LogP contribution in [-0.4, -0.2) is 11.2 Å². The highest BCUT2D eigenvalue weighted by Crippen LogP contribution is 2.36. The highest BCUT2D eigenvalue weighted by molar-refractivity contribution is 6.65. The zero-order chi connectivity index (χ0) is 8.48. The number of hydrogen-bond donors (Lipinski definition) is 0. The Morgan fingerprint density at radius 1 is 1.55 bits per heavy atom. The first-order valence-electron chi connectivity index (χ1n) is 3.60. The van der Waals surface area contributed by atoms with Crippen LogP contribution in [0.3, 0.4) is 0 Å². The summed E-state index contributed by atoms with van der Waals surface area (Å²) >= 11 is 4.71. The Labute approximate surface area is 68.7 Å². The molecule has 0 amide bonds. The van der Waals surface area contributed by atoms with Crippen molar-refractivity contribution in [1.29, 1.82) is 0 Å². The number of rotatable bonds is 3. The molecule has 0 unspecified atom stereocenters. The lowest BCUT2D eigenvalue weighted by molar-refractivity contribution is -0.137. The van der Waals surface area contributed by atoms with Crippen LogP contribution in [0.25, 0.3) is 0 Å². The fraction of sp³-hybridized carbons (Fsp3) is 0.857. The summed E-state index contributed by atoms with van der Waals surface area (Å²) in [5.74, 6) is -3.29. The first-order valence-corrected chi connectivity index (χ1v) is 3.98. The third-order valence-corrected chi connectivity index (χ3v) is 2.33. The van der Waals surface area contributed by atoms with Gasteiger partial charge in [0.1, 0.15) is 0 Å². The Hall–Kier alpha value is -0.180. The third-order valence-electron chi connectivity index (χ3n) is 2.06. The minimum atomic E-state index is -3.30. The van der Waals surface area contributed by atoms with Gasteiger partial charge in [0.05, 0.1) is 0 Å². The molecule has 0 aromatic carbocycles. The molecule has 1 saturated carbocycles. The molecule has 0 spiro atoms. The minimum absolute atomic E-state index is 0.00713. The standard InChI is InChI=1S/C7H9ClF2O/c8-6(11)7(9,10)4-5-2-1-3-5/h5H,1-4H2. The number of alkyl halides is 2. The van der Waals surface area contributed by atoms with E-state index in [0.29, 0.717) is 0 Å². The third kappa shape index (κ3) is 2.12. The smallest absolute Gasteiger partial charge is 0.274 e. The quantitative estimate of drug-likeness (QED) is 0.614. The topological polar surface area (TPSA) is 17.1 Å². The molecule has 11 heavy (non-hydrogen) atoms. The molecule has 0 bridgehead atoms. The Morgan fingerprint density at radius 2 is 2.09 bits per heavy atom. The predicted octanol–water partition coefficient (Wildman–Crippen LogP) is 2.58. The lowest BCUT2D eigenvalue weighted by Crippen LogP contribution is -2.30. The molecular formula is C7H9ClF2O. The lowest BCUT2D eigenvalue weighted by atomic mass is 9.81. The molecule has 0 aromatic rings. The van der Waals surface area contributed by atoms with Gasteiger partial charge in [0.15, 0.2) is 0 Å². The van der Waals surface area contributed by atoms with Crippen molar-refractivity contribution in [2.45, 2.75) is 31.6 Å². The van der Waals surface area contributed by atoms with Crippen molar-refractivity contribution in [3.05, 3.63) is 0 Å². The number of carbonyl (C=O) groups excluding carboxylic acids is 1. The van der Waals surface area contributed by atoms with Gasteiger partial charge < -0.3 is 0 Å². The van der Waals surface area contributed by atoms with Crippen molar-refractivity contribution < 1.29 is 13.6 Å². The number of hydrogen-bond acceptors (Lipinski definition) is 1. The molecule has 0 radical (unpaired) electrons. The zero-order valence-electron chi connectivity index (χ0n) is 5.95. The van der Waals surface area contributed by atoms with Crippen molar-refractivity contribution in [3.8, 4) is 0 Å². The van der Waals surface area contributed by atoms with Gasteiger partial charge in [-0.05, 0) is 17.5 Å². The molecule has 1 aliphatic rings. The normalized spacial score (nSPS) is 19.5. The van der Waals surface area contributed by atoms with E-state index in [4.69, 9.17) is 11.6 Å². The summed E-state index contributed by atoms with van der Waals surface area (Å²) in [6.45, 7) is 0. The van der Waals surface area contributed by atoms with Gasteiger partial charge in [0, 0.05) is 6.42 Å². The van der Waals surface area contributed by atoms with Crippen molar-refractivity contribution >= 4 is 16.8 Å². The first kappa shape index (κ1) is 8.91. The maximum absolute atomic E-state index is 12.5. The van der Waals surface area contributed by atoms with Crippen LogP contribution in [0.1, 0.15) is 25.7 Å². The summed E-state index contributed by atoms with van der Waals surface area (Å²) in [4.78, 5) is 10.2. The molecule has 1 fully saturated rings. The van der Waals surface area contributed by atoms with E-state index in [2.05, 4.69) is 0 Å². The summed E-state index contributed by atoms with van der Waals surface area (Å²) in [7, 11) is 0. The van der Waals surface area contributed by atoms with Crippen LogP contribution in [0.5, 0.6) is 0 Å². The van der Waals surface area contributed by atoms with E-state index in [-0.39, 0.29) is 12.3 Å². The van der Waals surface area contributed by atoms with Gasteiger partial charge in [0.2, 0.25) is 0 Å². The van der Waals surface area contributed by atoms with Gasteiger partial charge in [-0.3, -0.25) is 4.79 Å². The van der Waals surface area contributed by atoms with Crippen molar-refractivity contribution in [2.24, 2.45) is 5.92 Å². The molecule has 0 N–H and O–H groups in total. The monoisotopic (exact) mass is 182 g/mol. The molecule has 1 nitrogen and oxygen atoms in total. The summed E-state index contributed by atoms with van der Waals surface area (Å²) in [5.41, 5.74) is 0. The Balaban J connectivity index is 2.38. The van der Waals surface area contributed by atoms with Crippen molar-refractivity contribution in [3.63, 3.8) is 0 Å². The largest absolute Gasteiger partial charge is 0.320 e. The van der Waals surface area contributed by atoms with E-state index in [1.165, 1.54) is 0 Å². The van der Waals surface area contributed by atoms with E-state index in [1.807, 2.05) is 0 Å². The van der Waals surface area contributed by atoms with Crippen LogP contribution in [0.15, 0.2) is 0 Å². The van der Waals surface area contributed by atoms with Crippen molar-refractivity contribution in [1.82, 2.24) is 0 Å². The second-order valence-electron chi connectivity index (χ2n) is 2.98. The molecule has 1 aliphatic carbocycles. The first-order chi connectivity index (χ1) is 5.02. The molecule has 0 aliphatic heterocycles. The van der Waals surface area contributed by atoms with Gasteiger partial charge >= 0.3 is 5.92 Å². The van der Waals surface area contributed by atoms with E-state index in [9.17, 15) is 13.6 Å². The van der Waals surface area contributed by atoms with Gasteiger partial charge in [-0.15, -0.1) is 0 Å². The predicted molar refractivity (Wildman–Crippen MR) is 37.8 cm³/mol. The fourth-order valence-electron chi connectivity index (χ4n) is 1.14. The SMILES string of the molecule is O=C(Cl)C(F)(F)CC1CCC1. The second kappa shape index (κ2) is 3.05. The molecule has 0 heterocycles. The highest BCUT2D eigenvalue weighted by Gasteiger charge is 2.40. The summed E-state index contributed by atoms with van der Waals surface area (Å²) < 4.78 is 25.1. The van der Waals surface area contributed by atoms with Crippen molar-refractivity contribution in [2.75, 3.05) is 0 Å². The summed E-state index contributed by atoms with van der Waals surface area (Å²) in [6, 6.07) is 0. The summed E-state index contributed by atoms with van der Waals surface area (Å²) in [6.07, 6.45) is 2.24. The fourth-order valence-corrected chi connectivity index (χ4v) is 1.22. The molecule has 0 saturated heterocycles. The Bertz CT molecular complexity index is 166. The van der Waals surface area contributed by atoms with Crippen LogP contribution in [0, 0.1) is 5.92 Å². The van der Waals surface area contributed by atoms with Gasteiger partial charge in [0.25, 0.3) is 5.24 Å². The van der Waals surface area contributed by atoms with Crippen LogP contribution < -0.4 is 0 Å².